The number of rotatable bonds is 2. The minimum absolute atomic E-state index is 0.219. The van der Waals surface area contributed by atoms with E-state index < -0.39 is 0 Å². The van der Waals surface area contributed by atoms with Crippen LogP contribution in [-0.4, -0.2) is 18.4 Å². The molecule has 0 aromatic carbocycles. The molecule has 2 heteroatoms. The standard InChI is InChI=1S/C9H15NO/c11-9(7-4-5-7)8-3-1-2-6-10-8/h7-8,10H,1-6H2. The van der Waals surface area contributed by atoms with E-state index in [0.29, 0.717) is 11.7 Å². The Bertz CT molecular complexity index is 157. The lowest BCUT2D eigenvalue weighted by Gasteiger charge is -2.21. The average molecular weight is 153 g/mol. The van der Waals surface area contributed by atoms with E-state index in [4.69, 9.17) is 0 Å². The first kappa shape index (κ1) is 7.29. The van der Waals surface area contributed by atoms with Gasteiger partial charge in [0.1, 0.15) is 0 Å². The van der Waals surface area contributed by atoms with Crippen LogP contribution in [0.5, 0.6) is 0 Å². The maximum Gasteiger partial charge on any atom is 0.152 e. The molecule has 1 N–H and O–H groups in total. The lowest BCUT2D eigenvalue weighted by molar-refractivity contribution is -0.122. The van der Waals surface area contributed by atoms with E-state index in [0.717, 1.165) is 25.8 Å². The number of carbonyl (C=O) groups excluding carboxylic acids is 1. The van der Waals surface area contributed by atoms with Gasteiger partial charge >= 0.3 is 0 Å². The first-order valence-corrected chi connectivity index (χ1v) is 4.65. The van der Waals surface area contributed by atoms with Gasteiger partial charge in [-0.15, -0.1) is 0 Å². The third-order valence-corrected chi connectivity index (χ3v) is 2.63. The van der Waals surface area contributed by atoms with Crippen LogP contribution in [0.3, 0.4) is 0 Å². The lowest BCUT2D eigenvalue weighted by Crippen LogP contribution is -2.41. The predicted octanol–water partition coefficient (Wildman–Crippen LogP) is 1.11. The van der Waals surface area contributed by atoms with Crippen LogP contribution in [0.15, 0.2) is 0 Å². The lowest BCUT2D eigenvalue weighted by atomic mass is 9.99. The second-order valence-corrected chi connectivity index (χ2v) is 3.68. The third-order valence-electron chi connectivity index (χ3n) is 2.63. The molecule has 1 aliphatic heterocycles. The molecule has 1 atom stereocenters. The molecule has 0 spiro atoms. The van der Waals surface area contributed by atoms with E-state index in [1.807, 2.05) is 0 Å². The second-order valence-electron chi connectivity index (χ2n) is 3.68. The Morgan fingerprint density at radius 1 is 1.18 bits per heavy atom. The summed E-state index contributed by atoms with van der Waals surface area (Å²) in [6, 6.07) is 0.219. The summed E-state index contributed by atoms with van der Waals surface area (Å²) in [4.78, 5) is 11.5. The molecule has 0 aromatic heterocycles. The van der Waals surface area contributed by atoms with Crippen LogP contribution in [0, 0.1) is 5.92 Å². The Balaban J connectivity index is 1.86. The van der Waals surface area contributed by atoms with Gasteiger partial charge in [-0.3, -0.25) is 4.79 Å². The number of ketones is 1. The molecule has 0 bridgehead atoms. The molecule has 1 saturated carbocycles. The molecular weight excluding hydrogens is 138 g/mol. The predicted molar refractivity (Wildman–Crippen MR) is 43.4 cm³/mol. The van der Waals surface area contributed by atoms with Crippen molar-refractivity contribution in [1.82, 2.24) is 5.32 Å². The van der Waals surface area contributed by atoms with Crippen molar-refractivity contribution in [1.29, 1.82) is 0 Å². The van der Waals surface area contributed by atoms with E-state index in [2.05, 4.69) is 5.32 Å². The highest BCUT2D eigenvalue weighted by atomic mass is 16.1. The van der Waals surface area contributed by atoms with Crippen molar-refractivity contribution in [2.24, 2.45) is 5.92 Å². The zero-order valence-corrected chi connectivity index (χ0v) is 6.81. The maximum absolute atomic E-state index is 11.5. The third kappa shape index (κ3) is 1.62. The zero-order valence-electron chi connectivity index (χ0n) is 6.81. The van der Waals surface area contributed by atoms with Crippen LogP contribution in [0.1, 0.15) is 32.1 Å². The van der Waals surface area contributed by atoms with Crippen LogP contribution in [0.25, 0.3) is 0 Å². The fourth-order valence-electron chi connectivity index (χ4n) is 1.75. The zero-order chi connectivity index (χ0) is 7.68. The summed E-state index contributed by atoms with van der Waals surface area (Å²) in [6.07, 6.45) is 5.86. The molecule has 2 aliphatic rings. The first-order valence-electron chi connectivity index (χ1n) is 4.65. The van der Waals surface area contributed by atoms with Crippen LogP contribution in [0.2, 0.25) is 0 Å². The Kier molecular flexibility index (Phi) is 1.95. The Morgan fingerprint density at radius 3 is 2.55 bits per heavy atom. The van der Waals surface area contributed by atoms with Crippen LogP contribution in [-0.2, 0) is 4.79 Å². The van der Waals surface area contributed by atoms with Gasteiger partial charge in [-0.25, -0.2) is 0 Å². The van der Waals surface area contributed by atoms with Gasteiger partial charge in [-0.05, 0) is 32.2 Å². The number of nitrogens with one attached hydrogen (secondary N) is 1. The number of hydrogen-bond donors (Lipinski definition) is 1. The highest BCUT2D eigenvalue weighted by Crippen LogP contribution is 2.32. The number of hydrogen-bond acceptors (Lipinski definition) is 2. The van der Waals surface area contributed by atoms with Gasteiger partial charge in [0.15, 0.2) is 5.78 Å². The van der Waals surface area contributed by atoms with Gasteiger partial charge in [-0.1, -0.05) is 6.42 Å². The molecule has 11 heavy (non-hydrogen) atoms. The van der Waals surface area contributed by atoms with E-state index >= 15 is 0 Å². The molecule has 1 aliphatic carbocycles. The van der Waals surface area contributed by atoms with E-state index in [-0.39, 0.29) is 6.04 Å². The molecule has 0 radical (unpaired) electrons. The summed E-state index contributed by atoms with van der Waals surface area (Å²) in [7, 11) is 0. The van der Waals surface area contributed by atoms with Crippen LogP contribution >= 0.6 is 0 Å². The number of carbonyl (C=O) groups is 1. The highest BCUT2D eigenvalue weighted by molar-refractivity contribution is 5.88. The Labute approximate surface area is 67.4 Å². The molecule has 62 valence electrons. The van der Waals surface area contributed by atoms with Gasteiger partial charge < -0.3 is 5.32 Å². The molecule has 0 amide bonds. The number of Topliss-reactive ketones (excluding diaryl/α,β-unsaturated/α-hetero) is 1. The topological polar surface area (TPSA) is 29.1 Å². The summed E-state index contributed by atoms with van der Waals surface area (Å²) >= 11 is 0. The SMILES string of the molecule is O=C(C1CC1)C1CCCCN1. The monoisotopic (exact) mass is 153 g/mol. The quantitative estimate of drug-likeness (QED) is 0.643. The highest BCUT2D eigenvalue weighted by Gasteiger charge is 2.34. The fraction of sp³-hybridized carbons (Fsp3) is 0.889. The van der Waals surface area contributed by atoms with Crippen molar-refractivity contribution in [3.8, 4) is 0 Å². The van der Waals surface area contributed by atoms with Gasteiger partial charge in [0.05, 0.1) is 6.04 Å². The van der Waals surface area contributed by atoms with Crippen LogP contribution < -0.4 is 5.32 Å². The molecule has 1 heterocycles. The summed E-state index contributed by atoms with van der Waals surface area (Å²) in [5.74, 6) is 0.926. The minimum Gasteiger partial charge on any atom is -0.307 e. The maximum atomic E-state index is 11.5. The van der Waals surface area contributed by atoms with Crippen molar-refractivity contribution in [2.75, 3.05) is 6.54 Å². The summed E-state index contributed by atoms with van der Waals surface area (Å²) in [5, 5.41) is 3.29. The van der Waals surface area contributed by atoms with Crippen LogP contribution in [0.4, 0.5) is 0 Å². The van der Waals surface area contributed by atoms with Gasteiger partial charge in [0, 0.05) is 5.92 Å². The second kappa shape index (κ2) is 2.94. The summed E-state index contributed by atoms with van der Waals surface area (Å²) in [5.41, 5.74) is 0. The summed E-state index contributed by atoms with van der Waals surface area (Å²) < 4.78 is 0. The average Bonchev–Trinajstić information content (AvgIpc) is 2.87. The molecule has 1 unspecified atom stereocenters. The van der Waals surface area contributed by atoms with Crippen molar-refractivity contribution in [3.05, 3.63) is 0 Å². The van der Waals surface area contributed by atoms with Gasteiger partial charge in [0.25, 0.3) is 0 Å². The number of piperidine rings is 1. The Morgan fingerprint density at radius 2 is 2.00 bits per heavy atom. The van der Waals surface area contributed by atoms with Crippen molar-refractivity contribution in [2.45, 2.75) is 38.1 Å². The van der Waals surface area contributed by atoms with Gasteiger partial charge in [-0.2, -0.15) is 0 Å². The van der Waals surface area contributed by atoms with E-state index in [1.165, 1.54) is 12.8 Å². The molecule has 1 saturated heterocycles. The molecule has 2 fully saturated rings. The van der Waals surface area contributed by atoms with Gasteiger partial charge in [0.2, 0.25) is 0 Å². The molecule has 2 rings (SSSR count). The van der Waals surface area contributed by atoms with E-state index in [9.17, 15) is 4.79 Å². The smallest absolute Gasteiger partial charge is 0.152 e. The normalized spacial score (nSPS) is 31.8. The van der Waals surface area contributed by atoms with E-state index in [1.54, 1.807) is 0 Å². The summed E-state index contributed by atoms with van der Waals surface area (Å²) in [6.45, 7) is 1.04. The molecular formula is C9H15NO. The van der Waals surface area contributed by atoms with Crippen molar-refractivity contribution < 1.29 is 4.79 Å². The molecule has 0 aromatic rings. The minimum atomic E-state index is 0.219. The van der Waals surface area contributed by atoms with Crippen molar-refractivity contribution in [3.63, 3.8) is 0 Å². The largest absolute Gasteiger partial charge is 0.307 e. The first-order chi connectivity index (χ1) is 5.38. The Hall–Kier alpha value is -0.370. The van der Waals surface area contributed by atoms with Crippen molar-refractivity contribution >= 4 is 5.78 Å². The fourth-order valence-corrected chi connectivity index (χ4v) is 1.75. The molecule has 2 nitrogen and oxygen atoms in total.